The zero-order valence-corrected chi connectivity index (χ0v) is 15.7. The minimum atomic E-state index is -0.960. The lowest BCUT2D eigenvalue weighted by Crippen LogP contribution is -2.27. The van der Waals surface area contributed by atoms with Crippen LogP contribution in [0.5, 0.6) is 0 Å². The third kappa shape index (κ3) is 3.80. The van der Waals surface area contributed by atoms with E-state index in [0.29, 0.717) is 30.7 Å². The fourth-order valence-electron chi connectivity index (χ4n) is 3.28. The van der Waals surface area contributed by atoms with Crippen LogP contribution >= 0.6 is 0 Å². The number of anilines is 1. The van der Waals surface area contributed by atoms with Crippen LogP contribution in [0.15, 0.2) is 22.9 Å². The largest absolute Gasteiger partial charge is 0.381 e. The molecule has 9 heteroatoms. The van der Waals surface area contributed by atoms with Crippen molar-refractivity contribution in [2.75, 3.05) is 18.5 Å². The lowest BCUT2D eigenvalue weighted by molar-refractivity contribution is 0.0570. The van der Waals surface area contributed by atoms with Gasteiger partial charge in [-0.05, 0) is 18.8 Å². The molecule has 0 aliphatic carbocycles. The summed E-state index contributed by atoms with van der Waals surface area (Å²) >= 11 is 0. The molecule has 1 fully saturated rings. The molecule has 148 valence electrons. The van der Waals surface area contributed by atoms with Crippen molar-refractivity contribution in [3.63, 3.8) is 0 Å². The van der Waals surface area contributed by atoms with Crippen LogP contribution in [0.2, 0.25) is 0 Å². The lowest BCUT2D eigenvalue weighted by Gasteiger charge is -2.28. The van der Waals surface area contributed by atoms with E-state index in [9.17, 15) is 8.78 Å². The number of nitrogens with one attached hydrogen (secondary N) is 1. The molecule has 0 amide bonds. The van der Waals surface area contributed by atoms with E-state index in [0.717, 1.165) is 25.0 Å². The molecule has 3 aromatic rings. The molecule has 0 radical (unpaired) electrons. The second-order valence-electron chi connectivity index (χ2n) is 7.23. The van der Waals surface area contributed by atoms with Gasteiger partial charge in [-0.2, -0.15) is 4.98 Å². The Kier molecular flexibility index (Phi) is 5.17. The van der Waals surface area contributed by atoms with Gasteiger partial charge in [0, 0.05) is 31.3 Å². The number of aromatic nitrogens is 4. The number of halogens is 2. The van der Waals surface area contributed by atoms with Crippen LogP contribution < -0.4 is 5.32 Å². The maximum absolute atomic E-state index is 13.6. The van der Waals surface area contributed by atoms with Gasteiger partial charge in [0.05, 0.1) is 17.2 Å². The molecule has 28 heavy (non-hydrogen) atoms. The van der Waals surface area contributed by atoms with Crippen molar-refractivity contribution >= 4 is 16.9 Å². The molecule has 1 aromatic carbocycles. The molecule has 0 saturated carbocycles. The van der Waals surface area contributed by atoms with Crippen molar-refractivity contribution in [2.45, 2.75) is 38.6 Å². The number of ether oxygens (including phenoxy) is 1. The Bertz CT molecular complexity index is 972. The highest BCUT2D eigenvalue weighted by Gasteiger charge is 2.31. The normalized spacial score (nSPS) is 16.6. The lowest BCUT2D eigenvalue weighted by atomic mass is 9.91. The van der Waals surface area contributed by atoms with E-state index in [1.807, 2.05) is 13.8 Å². The van der Waals surface area contributed by atoms with Crippen molar-refractivity contribution < 1.29 is 18.0 Å². The predicted octanol–water partition coefficient (Wildman–Crippen LogP) is 3.99. The highest BCUT2D eigenvalue weighted by atomic mass is 19.2. The molecular formula is C19H21F2N5O2. The summed E-state index contributed by atoms with van der Waals surface area (Å²) in [7, 11) is 0. The number of hydrogen-bond donors (Lipinski definition) is 1. The van der Waals surface area contributed by atoms with Crippen LogP contribution in [0, 0.1) is 17.6 Å². The fraction of sp³-hybridized carbons (Fsp3) is 0.474. The molecule has 7 nitrogen and oxygen atoms in total. The summed E-state index contributed by atoms with van der Waals surface area (Å²) in [5.41, 5.74) is 0.551. The minimum Gasteiger partial charge on any atom is -0.381 e. The summed E-state index contributed by atoms with van der Waals surface area (Å²) in [6, 6.07) is 1.79. The van der Waals surface area contributed by atoms with Crippen molar-refractivity contribution in [3.05, 3.63) is 41.7 Å². The second-order valence-corrected chi connectivity index (χ2v) is 7.23. The standard InChI is InChI=1S/C19H21F2N5O2/c1-10(2)18-25-19(28-26-18)17(11-3-5-27-6-4-11)24-16-9-22-14-7-12(20)13(21)8-15(14)23-16/h7-11,17H,3-6H2,1-2H3,(H,23,24)/t17-/m0/s1. The van der Waals surface area contributed by atoms with Gasteiger partial charge in [-0.1, -0.05) is 19.0 Å². The molecule has 1 saturated heterocycles. The average molecular weight is 389 g/mol. The van der Waals surface area contributed by atoms with Gasteiger partial charge in [-0.25, -0.2) is 13.8 Å². The number of fused-ring (bicyclic) bond motifs is 1. The number of nitrogens with zero attached hydrogens (tertiary/aromatic N) is 4. The van der Waals surface area contributed by atoms with Crippen LogP contribution in [-0.2, 0) is 4.74 Å². The molecular weight excluding hydrogens is 368 g/mol. The van der Waals surface area contributed by atoms with Gasteiger partial charge in [0.1, 0.15) is 11.9 Å². The zero-order chi connectivity index (χ0) is 19.7. The third-order valence-electron chi connectivity index (χ3n) is 4.86. The maximum atomic E-state index is 13.6. The van der Waals surface area contributed by atoms with E-state index in [1.54, 1.807) is 0 Å². The summed E-state index contributed by atoms with van der Waals surface area (Å²) < 4.78 is 37.9. The average Bonchev–Trinajstić information content (AvgIpc) is 3.18. The van der Waals surface area contributed by atoms with Gasteiger partial charge in [-0.15, -0.1) is 0 Å². The quantitative estimate of drug-likeness (QED) is 0.706. The Morgan fingerprint density at radius 3 is 2.46 bits per heavy atom. The van der Waals surface area contributed by atoms with Crippen LogP contribution in [-0.4, -0.2) is 33.3 Å². The third-order valence-corrected chi connectivity index (χ3v) is 4.86. The van der Waals surface area contributed by atoms with Crippen molar-refractivity contribution in [1.82, 2.24) is 20.1 Å². The van der Waals surface area contributed by atoms with Gasteiger partial charge in [-0.3, -0.25) is 4.98 Å². The van der Waals surface area contributed by atoms with Crippen LogP contribution in [0.25, 0.3) is 11.0 Å². The topological polar surface area (TPSA) is 86.0 Å². The van der Waals surface area contributed by atoms with Crippen LogP contribution in [0.3, 0.4) is 0 Å². The molecule has 3 heterocycles. The van der Waals surface area contributed by atoms with Crippen LogP contribution in [0.4, 0.5) is 14.6 Å². The Morgan fingerprint density at radius 2 is 1.79 bits per heavy atom. The van der Waals surface area contributed by atoms with Gasteiger partial charge >= 0.3 is 0 Å². The Hall–Kier alpha value is -2.68. The first kappa shape index (κ1) is 18.7. The van der Waals surface area contributed by atoms with Crippen LogP contribution in [0.1, 0.15) is 50.4 Å². The summed E-state index contributed by atoms with van der Waals surface area (Å²) in [6.45, 7) is 5.30. The first-order valence-corrected chi connectivity index (χ1v) is 9.31. The summed E-state index contributed by atoms with van der Waals surface area (Å²) in [5, 5.41) is 7.36. The molecule has 1 atom stereocenters. The molecule has 1 aliphatic heterocycles. The van der Waals surface area contributed by atoms with E-state index >= 15 is 0 Å². The van der Waals surface area contributed by atoms with Gasteiger partial charge in [0.2, 0.25) is 5.89 Å². The Morgan fingerprint density at radius 1 is 1.07 bits per heavy atom. The minimum absolute atomic E-state index is 0.145. The maximum Gasteiger partial charge on any atom is 0.249 e. The molecule has 2 aromatic heterocycles. The first-order valence-electron chi connectivity index (χ1n) is 9.31. The van der Waals surface area contributed by atoms with Crippen molar-refractivity contribution in [3.8, 4) is 0 Å². The van der Waals surface area contributed by atoms with Gasteiger partial charge in [0.15, 0.2) is 17.5 Å². The SMILES string of the molecule is CC(C)c1noc([C@@H](Nc2cnc3cc(F)c(F)cc3n2)C2CCOCC2)n1. The molecule has 4 rings (SSSR count). The van der Waals surface area contributed by atoms with E-state index < -0.39 is 11.6 Å². The Labute approximate surface area is 160 Å². The number of hydrogen-bond acceptors (Lipinski definition) is 7. The summed E-state index contributed by atoms with van der Waals surface area (Å²) in [4.78, 5) is 13.1. The molecule has 1 N–H and O–H groups in total. The van der Waals surface area contributed by atoms with Crippen molar-refractivity contribution in [1.29, 1.82) is 0 Å². The summed E-state index contributed by atoms with van der Waals surface area (Å²) in [5.74, 6) is -0.0195. The van der Waals surface area contributed by atoms with E-state index in [1.165, 1.54) is 6.20 Å². The highest BCUT2D eigenvalue weighted by molar-refractivity contribution is 5.75. The first-order chi connectivity index (χ1) is 13.5. The Balaban J connectivity index is 1.66. The molecule has 0 bridgehead atoms. The van der Waals surface area contributed by atoms with E-state index in [-0.39, 0.29) is 28.9 Å². The highest BCUT2D eigenvalue weighted by Crippen LogP contribution is 2.32. The summed E-state index contributed by atoms with van der Waals surface area (Å²) in [6.07, 6.45) is 3.15. The number of rotatable bonds is 5. The fourth-order valence-corrected chi connectivity index (χ4v) is 3.28. The van der Waals surface area contributed by atoms with E-state index in [4.69, 9.17) is 9.26 Å². The predicted molar refractivity (Wildman–Crippen MR) is 97.7 cm³/mol. The molecule has 0 spiro atoms. The van der Waals surface area contributed by atoms with E-state index in [2.05, 4.69) is 25.4 Å². The van der Waals surface area contributed by atoms with Gasteiger partial charge in [0.25, 0.3) is 0 Å². The van der Waals surface area contributed by atoms with Crippen molar-refractivity contribution in [2.24, 2.45) is 5.92 Å². The van der Waals surface area contributed by atoms with Gasteiger partial charge < -0.3 is 14.6 Å². The second kappa shape index (κ2) is 7.75. The smallest absolute Gasteiger partial charge is 0.249 e. The molecule has 1 aliphatic rings. The zero-order valence-electron chi connectivity index (χ0n) is 15.7. The monoisotopic (exact) mass is 389 g/mol. The number of benzene rings is 1. The molecule has 0 unspecified atom stereocenters.